The zero-order chi connectivity index (χ0) is 34.7. The monoisotopic (exact) mass is 688 g/mol. The average Bonchev–Trinajstić information content (AvgIpc) is 3.80. The lowest BCUT2D eigenvalue weighted by molar-refractivity contribution is -0.225. The summed E-state index contributed by atoms with van der Waals surface area (Å²) >= 11 is 6.45. The number of carbonyl (C=O) groups is 3. The van der Waals surface area contributed by atoms with Crippen molar-refractivity contribution in [1.82, 2.24) is 15.5 Å². The summed E-state index contributed by atoms with van der Waals surface area (Å²) < 4.78 is 12.0. The van der Waals surface area contributed by atoms with Gasteiger partial charge in [-0.25, -0.2) is 4.79 Å². The largest absolute Gasteiger partial charge is 0.454 e. The van der Waals surface area contributed by atoms with E-state index in [0.717, 1.165) is 19.3 Å². The minimum atomic E-state index is -1.58. The Morgan fingerprint density at radius 3 is 2.60 bits per heavy atom. The number of halogens is 1. The lowest BCUT2D eigenvalue weighted by Crippen LogP contribution is -2.66. The molecule has 3 aliphatic carbocycles. The number of nitrogens with one attached hydrogen (secondary N) is 2. The van der Waals surface area contributed by atoms with Crippen molar-refractivity contribution in [3.63, 3.8) is 0 Å². The molecule has 0 bridgehead atoms. The van der Waals surface area contributed by atoms with Crippen molar-refractivity contribution in [1.29, 1.82) is 0 Å². The summed E-state index contributed by atoms with van der Waals surface area (Å²) in [7, 11) is 1.68. The molecule has 48 heavy (non-hydrogen) atoms. The minimum absolute atomic E-state index is 0.0257. The summed E-state index contributed by atoms with van der Waals surface area (Å²) in [5.41, 5.74) is -1.43. The predicted octanol–water partition coefficient (Wildman–Crippen LogP) is 3.62. The topological polar surface area (TPSA) is 150 Å². The molecule has 0 spiro atoms. The van der Waals surface area contributed by atoms with Crippen molar-refractivity contribution in [3.8, 4) is 0 Å². The summed E-state index contributed by atoms with van der Waals surface area (Å²) in [5.74, 6) is -1.99. The van der Waals surface area contributed by atoms with E-state index < -0.39 is 53.5 Å². The number of hydroxylamine groups is 1. The van der Waals surface area contributed by atoms with Gasteiger partial charge in [-0.1, -0.05) is 43.7 Å². The van der Waals surface area contributed by atoms with Gasteiger partial charge >= 0.3 is 18.0 Å². The number of benzene rings is 1. The van der Waals surface area contributed by atoms with E-state index in [0.29, 0.717) is 41.4 Å². The zero-order valence-corrected chi connectivity index (χ0v) is 29.3. The maximum absolute atomic E-state index is 14.1. The van der Waals surface area contributed by atoms with Crippen LogP contribution in [0.3, 0.4) is 0 Å². The number of nitrogens with zero attached hydrogens (tertiary/aromatic N) is 2. The van der Waals surface area contributed by atoms with Crippen LogP contribution in [0.2, 0.25) is 5.02 Å². The summed E-state index contributed by atoms with van der Waals surface area (Å²) in [6, 6.07) is 4.34. The lowest BCUT2D eigenvalue weighted by atomic mass is 9.55. The molecule has 2 saturated carbocycles. The van der Waals surface area contributed by atoms with Crippen LogP contribution in [0.15, 0.2) is 29.8 Å². The Bertz CT molecular complexity index is 1470. The van der Waals surface area contributed by atoms with Gasteiger partial charge in [-0.3, -0.25) is 24.8 Å². The van der Waals surface area contributed by atoms with E-state index in [1.54, 1.807) is 25.2 Å². The van der Waals surface area contributed by atoms with Crippen LogP contribution in [0.1, 0.15) is 72.3 Å². The van der Waals surface area contributed by atoms with E-state index in [2.05, 4.69) is 17.6 Å². The van der Waals surface area contributed by atoms with E-state index in [9.17, 15) is 24.6 Å². The number of hydrogen-bond acceptors (Lipinski definition) is 10. The van der Waals surface area contributed by atoms with Gasteiger partial charge in [0, 0.05) is 51.0 Å². The first-order valence-corrected chi connectivity index (χ1v) is 17.6. The molecule has 1 aromatic carbocycles. The van der Waals surface area contributed by atoms with Crippen molar-refractivity contribution >= 4 is 35.3 Å². The van der Waals surface area contributed by atoms with Crippen molar-refractivity contribution in [2.45, 2.75) is 108 Å². The SMILES string of the molecule is CCNC(=O)N(CC(C)[C@@H]1CC[C@@H](C)[C@@]2(O)[C@@H]1C=C(C)[C@@H](OC(C)=O)[C@@H]2OC(=O)[C@@H]1C[C@@]2(O)c3cccc(Cl)c3N(C)O[C@H]2N1)C1CC1. The van der Waals surface area contributed by atoms with E-state index in [-0.39, 0.29) is 36.2 Å². The van der Waals surface area contributed by atoms with Crippen LogP contribution < -0.4 is 15.7 Å². The van der Waals surface area contributed by atoms with Gasteiger partial charge in [-0.2, -0.15) is 0 Å². The Labute approximate surface area is 287 Å². The molecule has 1 saturated heterocycles. The molecule has 3 fully saturated rings. The smallest absolute Gasteiger partial charge is 0.323 e. The maximum atomic E-state index is 14.1. The molecule has 13 heteroatoms. The first kappa shape index (κ1) is 34.9. The second-order valence-electron chi connectivity index (χ2n) is 14.5. The van der Waals surface area contributed by atoms with Gasteiger partial charge in [0.25, 0.3) is 0 Å². The number of rotatable bonds is 8. The minimum Gasteiger partial charge on any atom is -0.454 e. The number of urea groups is 1. The summed E-state index contributed by atoms with van der Waals surface area (Å²) in [4.78, 5) is 47.3. The number of amides is 2. The van der Waals surface area contributed by atoms with Crippen LogP contribution in [0.4, 0.5) is 10.5 Å². The third kappa shape index (κ3) is 5.97. The second kappa shape index (κ2) is 13.1. The summed E-state index contributed by atoms with van der Waals surface area (Å²) in [5, 5.41) is 32.6. The average molecular weight is 689 g/mol. The molecule has 2 aliphatic heterocycles. The fourth-order valence-corrected chi connectivity index (χ4v) is 8.94. The van der Waals surface area contributed by atoms with Crippen molar-refractivity contribution in [2.24, 2.45) is 23.7 Å². The van der Waals surface area contributed by atoms with Crippen LogP contribution >= 0.6 is 11.6 Å². The van der Waals surface area contributed by atoms with Crippen LogP contribution in [0, 0.1) is 23.7 Å². The Kier molecular flexibility index (Phi) is 9.53. The highest BCUT2D eigenvalue weighted by molar-refractivity contribution is 6.33. The molecule has 4 N–H and O–H groups in total. The lowest BCUT2D eigenvalue weighted by Gasteiger charge is -2.56. The second-order valence-corrected chi connectivity index (χ2v) is 14.9. The molecule has 1 unspecified atom stereocenters. The molecule has 0 aromatic heterocycles. The highest BCUT2D eigenvalue weighted by atomic mass is 35.5. The van der Waals surface area contributed by atoms with E-state index in [4.69, 9.17) is 25.9 Å². The van der Waals surface area contributed by atoms with Gasteiger partial charge in [-0.15, -0.1) is 0 Å². The molecule has 6 rings (SSSR count). The highest BCUT2D eigenvalue weighted by Gasteiger charge is 2.62. The Hall–Kier alpha value is -2.90. The van der Waals surface area contributed by atoms with E-state index in [1.807, 2.05) is 31.7 Å². The fraction of sp³-hybridized carbons (Fsp3) is 0.686. The summed E-state index contributed by atoms with van der Waals surface area (Å²) in [6.07, 6.45) is 2.17. The van der Waals surface area contributed by atoms with Gasteiger partial charge in [0.1, 0.15) is 17.2 Å². The Morgan fingerprint density at radius 2 is 1.94 bits per heavy atom. The van der Waals surface area contributed by atoms with Gasteiger partial charge in [0.05, 0.1) is 10.7 Å². The molecular formula is C35H49ClN4O8. The van der Waals surface area contributed by atoms with Crippen LogP contribution in [-0.2, 0) is 29.5 Å². The molecule has 2 heterocycles. The van der Waals surface area contributed by atoms with Crippen LogP contribution in [-0.4, -0.2) is 89.3 Å². The molecule has 10 atom stereocenters. The van der Waals surface area contributed by atoms with Crippen molar-refractivity contribution in [2.75, 3.05) is 25.2 Å². The standard InChI is InChI=1S/C35H49ClN4O8/c1-7-37-33(43)40(22-12-13-22)17-19(3)23-14-11-20(4)35(45)25(23)15-18(2)29(46-21(5)41)30(35)47-31(42)27-16-34(44)24-9-8-10-26(36)28(24)39(6)48-32(34)38-27/h8-10,15,19-20,22-23,25,27,29-30,32,38,44-45H,7,11-14,16-17H2,1-6H3,(H,37,43)/t19?,20-,23+,25-,27+,29-,30+,32-,34-,35-/m1/s1. The van der Waals surface area contributed by atoms with Crippen molar-refractivity contribution in [3.05, 3.63) is 40.4 Å². The fourth-order valence-electron chi connectivity index (χ4n) is 8.64. The van der Waals surface area contributed by atoms with Gasteiger partial charge in [0.2, 0.25) is 0 Å². The number of anilines is 1. The van der Waals surface area contributed by atoms with Gasteiger partial charge in [0.15, 0.2) is 18.4 Å². The molecule has 12 nitrogen and oxygen atoms in total. The van der Waals surface area contributed by atoms with Crippen molar-refractivity contribution < 1.29 is 38.9 Å². The molecule has 264 valence electrons. The zero-order valence-electron chi connectivity index (χ0n) is 28.6. The number of ether oxygens (including phenoxy) is 2. The number of hydrogen-bond donors (Lipinski definition) is 4. The molecule has 5 aliphatic rings. The first-order chi connectivity index (χ1) is 22.7. The third-order valence-corrected chi connectivity index (χ3v) is 11.6. The molecule has 2 amide bonds. The number of aliphatic hydroxyl groups is 2. The van der Waals surface area contributed by atoms with Gasteiger partial charge < -0.3 is 29.9 Å². The normalized spacial score (nSPS) is 36.1. The van der Waals surface area contributed by atoms with Gasteiger partial charge in [-0.05, 0) is 68.9 Å². The number of carbonyl (C=O) groups excluding carboxylic acids is 3. The number of esters is 2. The van der Waals surface area contributed by atoms with E-state index in [1.165, 1.54) is 12.0 Å². The summed E-state index contributed by atoms with van der Waals surface area (Å²) in [6.45, 7) is 10.2. The van der Waals surface area contributed by atoms with E-state index >= 15 is 0 Å². The first-order valence-electron chi connectivity index (χ1n) is 17.2. The Balaban J connectivity index is 1.28. The maximum Gasteiger partial charge on any atom is 0.323 e. The molecule has 0 radical (unpaired) electrons. The number of fused-ring (bicyclic) bond motifs is 4. The predicted molar refractivity (Wildman–Crippen MR) is 178 cm³/mol. The molecular weight excluding hydrogens is 640 g/mol. The highest BCUT2D eigenvalue weighted by Crippen LogP contribution is 2.53. The quantitative estimate of drug-likeness (QED) is 0.236. The van der Waals surface area contributed by atoms with Crippen LogP contribution in [0.5, 0.6) is 0 Å². The Morgan fingerprint density at radius 1 is 1.21 bits per heavy atom. The molecule has 1 aromatic rings. The number of para-hydroxylation sites is 1. The van der Waals surface area contributed by atoms with Crippen LogP contribution in [0.25, 0.3) is 0 Å². The third-order valence-electron chi connectivity index (χ3n) is 11.3.